The number of fused-ring (bicyclic) bond motifs is 2. The van der Waals surface area contributed by atoms with Gasteiger partial charge < -0.3 is 0 Å². The molecule has 0 aliphatic heterocycles. The molecule has 37 heavy (non-hydrogen) atoms. The Kier molecular flexibility index (Phi) is 5.97. The molecule has 0 spiro atoms. The van der Waals surface area contributed by atoms with Crippen molar-refractivity contribution in [2.24, 2.45) is 0 Å². The fraction of sp³-hybridized carbons (Fsp3) is 0.0556. The lowest BCUT2D eigenvalue weighted by Crippen LogP contribution is -2.53. The second-order valence-corrected chi connectivity index (χ2v) is 14.4. The zero-order chi connectivity index (χ0) is 25.2. The minimum Gasteiger partial charge on any atom is -0.0626 e. The maximum atomic E-state index is 3.59. The van der Waals surface area contributed by atoms with E-state index in [0.29, 0.717) is 0 Å². The highest BCUT2D eigenvalue weighted by Gasteiger charge is 2.30. The molecule has 0 amide bonds. The average molecular weight is 489 g/mol. The van der Waals surface area contributed by atoms with Gasteiger partial charge in [-0.2, -0.15) is 0 Å². The molecular formula is C36H28Si. The molecule has 0 nitrogen and oxygen atoms in total. The SMILES string of the molecule is C[Si](C)(c1ccccc1)c1c2ccccc2c(C#Cc2ccc(-c3ccccc3)cc2)c2ccccc12. The standard InChI is InChI=1S/C36H28Si/c1-37(2,30-15-7-4-8-16-30)36-34-19-11-9-17-31(34)33(32-18-10-12-20-35(32)36)26-23-27-21-24-29(25-22-27)28-13-5-3-6-14-28/h3-22,24-25H,1-2H3. The molecule has 1 heteroatoms. The van der Waals surface area contributed by atoms with Gasteiger partial charge in [-0.15, -0.1) is 0 Å². The van der Waals surface area contributed by atoms with Crippen molar-refractivity contribution >= 4 is 40.0 Å². The Labute approximate surface area is 220 Å². The predicted octanol–water partition coefficient (Wildman–Crippen LogP) is 7.88. The monoisotopic (exact) mass is 488 g/mol. The largest absolute Gasteiger partial charge is 0.113 e. The Hall–Kier alpha value is -4.38. The van der Waals surface area contributed by atoms with Crippen LogP contribution >= 0.6 is 0 Å². The minimum atomic E-state index is -1.98. The molecule has 0 saturated carbocycles. The van der Waals surface area contributed by atoms with Gasteiger partial charge in [0.15, 0.2) is 0 Å². The van der Waals surface area contributed by atoms with Crippen LogP contribution in [0.5, 0.6) is 0 Å². The van der Waals surface area contributed by atoms with Crippen LogP contribution in [-0.2, 0) is 0 Å². The van der Waals surface area contributed by atoms with E-state index in [-0.39, 0.29) is 0 Å². The number of benzene rings is 6. The lowest BCUT2D eigenvalue weighted by atomic mass is 9.96. The van der Waals surface area contributed by atoms with E-state index in [2.05, 4.69) is 152 Å². The molecule has 0 aromatic heterocycles. The van der Waals surface area contributed by atoms with Crippen LogP contribution in [0.25, 0.3) is 32.7 Å². The number of hydrogen-bond acceptors (Lipinski definition) is 0. The predicted molar refractivity (Wildman–Crippen MR) is 163 cm³/mol. The van der Waals surface area contributed by atoms with Crippen LogP contribution in [-0.4, -0.2) is 8.07 Å². The van der Waals surface area contributed by atoms with Gasteiger partial charge in [-0.05, 0) is 50.0 Å². The Morgan fingerprint density at radius 1 is 0.432 bits per heavy atom. The molecular weight excluding hydrogens is 460 g/mol. The zero-order valence-electron chi connectivity index (χ0n) is 21.2. The smallest absolute Gasteiger partial charge is 0.0626 e. The number of rotatable bonds is 3. The second-order valence-electron chi connectivity index (χ2n) is 10.0. The number of hydrogen-bond donors (Lipinski definition) is 0. The van der Waals surface area contributed by atoms with Gasteiger partial charge in [0.25, 0.3) is 0 Å². The summed E-state index contributed by atoms with van der Waals surface area (Å²) in [5.74, 6) is 7.07. The Bertz CT molecular complexity index is 1710. The van der Waals surface area contributed by atoms with Gasteiger partial charge in [0.1, 0.15) is 8.07 Å². The quantitative estimate of drug-likeness (QED) is 0.135. The Morgan fingerprint density at radius 2 is 0.892 bits per heavy atom. The third-order valence-electron chi connectivity index (χ3n) is 7.38. The van der Waals surface area contributed by atoms with Crippen molar-refractivity contribution in [1.29, 1.82) is 0 Å². The van der Waals surface area contributed by atoms with Crippen molar-refractivity contribution in [3.63, 3.8) is 0 Å². The lowest BCUT2D eigenvalue weighted by molar-refractivity contribution is 1.59. The maximum Gasteiger partial charge on any atom is 0.113 e. The van der Waals surface area contributed by atoms with Crippen LogP contribution in [0.1, 0.15) is 11.1 Å². The van der Waals surface area contributed by atoms with Crippen molar-refractivity contribution in [2.45, 2.75) is 13.1 Å². The van der Waals surface area contributed by atoms with E-state index in [4.69, 9.17) is 0 Å². The van der Waals surface area contributed by atoms with Gasteiger partial charge in [-0.25, -0.2) is 0 Å². The van der Waals surface area contributed by atoms with Crippen molar-refractivity contribution < 1.29 is 0 Å². The van der Waals surface area contributed by atoms with Crippen LogP contribution < -0.4 is 10.4 Å². The molecule has 6 aromatic rings. The third kappa shape index (κ3) is 4.27. The van der Waals surface area contributed by atoms with Crippen LogP contribution in [0.2, 0.25) is 13.1 Å². The van der Waals surface area contributed by atoms with Gasteiger partial charge in [-0.1, -0.05) is 151 Å². The van der Waals surface area contributed by atoms with E-state index in [1.54, 1.807) is 0 Å². The summed E-state index contributed by atoms with van der Waals surface area (Å²) in [6, 6.07) is 47.7. The molecule has 0 fully saturated rings. The molecule has 0 aliphatic carbocycles. The first-order valence-electron chi connectivity index (χ1n) is 12.8. The molecule has 176 valence electrons. The van der Waals surface area contributed by atoms with Crippen LogP contribution in [0.3, 0.4) is 0 Å². The molecule has 0 atom stereocenters. The van der Waals surface area contributed by atoms with E-state index in [1.165, 1.54) is 43.0 Å². The van der Waals surface area contributed by atoms with Crippen LogP contribution in [0.15, 0.2) is 133 Å². The highest BCUT2D eigenvalue weighted by molar-refractivity contribution is 7.03. The zero-order valence-corrected chi connectivity index (χ0v) is 22.2. The van der Waals surface area contributed by atoms with Crippen LogP contribution in [0.4, 0.5) is 0 Å². The van der Waals surface area contributed by atoms with E-state index in [9.17, 15) is 0 Å². The van der Waals surface area contributed by atoms with Gasteiger partial charge in [0, 0.05) is 11.1 Å². The first-order chi connectivity index (χ1) is 18.1. The first-order valence-corrected chi connectivity index (χ1v) is 15.8. The fourth-order valence-corrected chi connectivity index (χ4v) is 8.54. The van der Waals surface area contributed by atoms with Gasteiger partial charge in [-0.3, -0.25) is 0 Å². The topological polar surface area (TPSA) is 0 Å². The van der Waals surface area contributed by atoms with Gasteiger partial charge in [0.2, 0.25) is 0 Å². The second kappa shape index (κ2) is 9.58. The van der Waals surface area contributed by atoms with Gasteiger partial charge >= 0.3 is 0 Å². The summed E-state index contributed by atoms with van der Waals surface area (Å²) in [6.45, 7) is 4.94. The first kappa shape index (κ1) is 23.0. The van der Waals surface area contributed by atoms with Crippen molar-refractivity contribution in [2.75, 3.05) is 0 Å². The minimum absolute atomic E-state index is 1.02. The van der Waals surface area contributed by atoms with E-state index < -0.39 is 8.07 Å². The summed E-state index contributed by atoms with van der Waals surface area (Å²) in [4.78, 5) is 0. The average Bonchev–Trinajstić information content (AvgIpc) is 2.96. The molecule has 0 aliphatic rings. The summed E-state index contributed by atoms with van der Waals surface area (Å²) in [7, 11) is -1.98. The van der Waals surface area contributed by atoms with E-state index >= 15 is 0 Å². The highest BCUT2D eigenvalue weighted by Crippen LogP contribution is 2.29. The highest BCUT2D eigenvalue weighted by atomic mass is 28.3. The van der Waals surface area contributed by atoms with Crippen molar-refractivity contribution in [3.05, 3.63) is 145 Å². The third-order valence-corrected chi connectivity index (χ3v) is 10.9. The molecule has 6 aromatic carbocycles. The van der Waals surface area contributed by atoms with E-state index in [1.807, 2.05) is 6.07 Å². The Balaban J connectivity index is 1.53. The normalized spacial score (nSPS) is 11.3. The van der Waals surface area contributed by atoms with Crippen molar-refractivity contribution in [3.8, 4) is 23.0 Å². The van der Waals surface area contributed by atoms with E-state index in [0.717, 1.165) is 11.1 Å². The summed E-state index contributed by atoms with van der Waals surface area (Å²) in [5, 5.41) is 8.06. The maximum absolute atomic E-state index is 3.59. The summed E-state index contributed by atoms with van der Waals surface area (Å²) in [6.07, 6.45) is 0. The molecule has 0 unspecified atom stereocenters. The molecule has 6 rings (SSSR count). The molecule has 0 heterocycles. The molecule has 0 N–H and O–H groups in total. The van der Waals surface area contributed by atoms with Crippen molar-refractivity contribution in [1.82, 2.24) is 0 Å². The molecule has 0 radical (unpaired) electrons. The Morgan fingerprint density at radius 3 is 1.46 bits per heavy atom. The fourth-order valence-electron chi connectivity index (χ4n) is 5.45. The molecule has 0 bridgehead atoms. The van der Waals surface area contributed by atoms with Crippen LogP contribution in [0, 0.1) is 11.8 Å². The summed E-state index contributed by atoms with van der Waals surface area (Å²) in [5.41, 5.74) is 4.56. The summed E-state index contributed by atoms with van der Waals surface area (Å²) >= 11 is 0. The van der Waals surface area contributed by atoms with Gasteiger partial charge in [0.05, 0.1) is 0 Å². The summed E-state index contributed by atoms with van der Waals surface area (Å²) < 4.78 is 0. The molecule has 0 saturated heterocycles. The lowest BCUT2D eigenvalue weighted by Gasteiger charge is -2.28.